The first-order valence-electron chi connectivity index (χ1n) is 7.99. The van der Waals surface area contributed by atoms with Crippen molar-refractivity contribution in [3.05, 3.63) is 35.5 Å². The maximum absolute atomic E-state index is 4.22. The van der Waals surface area contributed by atoms with E-state index in [1.54, 1.807) is 0 Å². The fourth-order valence-electron chi connectivity index (χ4n) is 2.38. The quantitative estimate of drug-likeness (QED) is 0.694. The molecule has 0 saturated heterocycles. The van der Waals surface area contributed by atoms with Crippen LogP contribution in [0.4, 0.5) is 0 Å². The molecule has 2 aromatic rings. The molecular weight excluding hydrogens is 260 g/mol. The lowest BCUT2D eigenvalue weighted by molar-refractivity contribution is 0.596. The Hall–Kier alpha value is -1.68. The largest absolute Gasteiger partial charge is 0.316 e. The average molecular weight is 286 g/mol. The van der Waals surface area contributed by atoms with Crippen molar-refractivity contribution < 1.29 is 0 Å². The summed E-state index contributed by atoms with van der Waals surface area (Å²) in [7, 11) is 0. The molecule has 0 spiro atoms. The topological polar surface area (TPSA) is 53.6 Å². The molecule has 2 rings (SSSR count). The normalized spacial score (nSPS) is 11.0. The molecule has 0 saturated carbocycles. The molecule has 0 aliphatic carbocycles. The van der Waals surface area contributed by atoms with Gasteiger partial charge >= 0.3 is 0 Å². The number of benzene rings is 1. The molecule has 0 radical (unpaired) electrons. The van der Waals surface area contributed by atoms with Crippen LogP contribution >= 0.6 is 0 Å². The number of nitrogens with one attached hydrogen (secondary N) is 2. The van der Waals surface area contributed by atoms with Gasteiger partial charge in [-0.25, -0.2) is 0 Å². The van der Waals surface area contributed by atoms with Crippen LogP contribution in [0.15, 0.2) is 24.3 Å². The molecule has 0 unspecified atom stereocenters. The van der Waals surface area contributed by atoms with Gasteiger partial charge in [0.15, 0.2) is 0 Å². The van der Waals surface area contributed by atoms with Crippen LogP contribution in [0.5, 0.6) is 0 Å². The van der Waals surface area contributed by atoms with E-state index in [4.69, 9.17) is 0 Å². The fourth-order valence-corrected chi connectivity index (χ4v) is 2.38. The Labute approximate surface area is 127 Å². The van der Waals surface area contributed by atoms with Crippen LogP contribution < -0.4 is 5.32 Å². The lowest BCUT2D eigenvalue weighted by Crippen LogP contribution is -2.18. The molecule has 0 amide bonds. The molecule has 0 bridgehead atoms. The highest BCUT2D eigenvalue weighted by atomic mass is 15.3. The minimum absolute atomic E-state index is 0.935. The molecule has 21 heavy (non-hydrogen) atoms. The summed E-state index contributed by atoms with van der Waals surface area (Å²) in [6, 6.07) is 8.43. The number of hydrogen-bond acceptors (Lipinski definition) is 3. The highest BCUT2D eigenvalue weighted by Crippen LogP contribution is 2.20. The van der Waals surface area contributed by atoms with Crippen LogP contribution in [0, 0.1) is 6.92 Å². The van der Waals surface area contributed by atoms with Gasteiger partial charge in [-0.1, -0.05) is 61.2 Å². The summed E-state index contributed by atoms with van der Waals surface area (Å²) in [5, 5.41) is 14.7. The maximum atomic E-state index is 4.22. The first-order chi connectivity index (χ1) is 10.3. The third-order valence-electron chi connectivity index (χ3n) is 3.70. The summed E-state index contributed by atoms with van der Waals surface area (Å²) in [5.41, 5.74) is 4.48. The third kappa shape index (κ3) is 4.97. The van der Waals surface area contributed by atoms with Gasteiger partial charge in [0.25, 0.3) is 0 Å². The summed E-state index contributed by atoms with van der Waals surface area (Å²) in [4.78, 5) is 0. The highest BCUT2D eigenvalue weighted by molar-refractivity contribution is 5.61. The summed E-state index contributed by atoms with van der Waals surface area (Å²) >= 11 is 0. The number of aryl methyl sites for hydroxylation is 1. The zero-order chi connectivity index (χ0) is 14.9. The zero-order valence-corrected chi connectivity index (χ0v) is 13.2. The van der Waals surface area contributed by atoms with E-state index in [0.717, 1.165) is 36.5 Å². The van der Waals surface area contributed by atoms with Crippen molar-refractivity contribution in [3.63, 3.8) is 0 Å². The van der Waals surface area contributed by atoms with Gasteiger partial charge in [0.1, 0.15) is 5.69 Å². The van der Waals surface area contributed by atoms with Crippen molar-refractivity contribution in [2.24, 2.45) is 0 Å². The van der Waals surface area contributed by atoms with Gasteiger partial charge in [-0.05, 0) is 19.9 Å². The lowest BCUT2D eigenvalue weighted by Gasteiger charge is -2.05. The van der Waals surface area contributed by atoms with Crippen LogP contribution in [-0.4, -0.2) is 28.5 Å². The summed E-state index contributed by atoms with van der Waals surface area (Å²) < 4.78 is 0. The maximum Gasteiger partial charge on any atom is 0.116 e. The summed E-state index contributed by atoms with van der Waals surface area (Å²) in [6.07, 6.45) is 6.15. The molecule has 0 aliphatic rings. The van der Waals surface area contributed by atoms with Gasteiger partial charge in [0.05, 0.1) is 5.69 Å². The van der Waals surface area contributed by atoms with Crippen LogP contribution in [-0.2, 0) is 6.42 Å². The molecule has 4 heteroatoms. The van der Waals surface area contributed by atoms with Crippen molar-refractivity contribution in [1.82, 2.24) is 20.7 Å². The molecule has 1 heterocycles. The predicted molar refractivity (Wildman–Crippen MR) is 87.3 cm³/mol. The standard InChI is InChI=1S/C17H26N4/c1-3-4-5-6-12-18-13-11-16-17(20-21-19-16)15-9-7-14(2)8-10-15/h7-10,18H,3-6,11-13H2,1-2H3,(H,19,20,21). The molecule has 4 nitrogen and oxygen atoms in total. The smallest absolute Gasteiger partial charge is 0.116 e. The van der Waals surface area contributed by atoms with E-state index in [9.17, 15) is 0 Å². The van der Waals surface area contributed by atoms with Gasteiger partial charge < -0.3 is 5.32 Å². The Kier molecular flexibility index (Phi) is 6.41. The molecule has 0 atom stereocenters. The van der Waals surface area contributed by atoms with Gasteiger partial charge in [-0.2, -0.15) is 0 Å². The molecule has 2 N–H and O–H groups in total. The molecular formula is C17H26N4. The van der Waals surface area contributed by atoms with Crippen LogP contribution in [0.3, 0.4) is 0 Å². The van der Waals surface area contributed by atoms with E-state index < -0.39 is 0 Å². The van der Waals surface area contributed by atoms with Gasteiger partial charge in [0, 0.05) is 18.5 Å². The minimum atomic E-state index is 0.935. The Morgan fingerprint density at radius 3 is 2.62 bits per heavy atom. The van der Waals surface area contributed by atoms with Crippen molar-refractivity contribution >= 4 is 0 Å². The number of H-pyrrole nitrogens is 1. The van der Waals surface area contributed by atoms with Gasteiger partial charge in [0.2, 0.25) is 0 Å². The van der Waals surface area contributed by atoms with E-state index >= 15 is 0 Å². The van der Waals surface area contributed by atoms with Crippen molar-refractivity contribution in [3.8, 4) is 11.3 Å². The number of aromatic nitrogens is 3. The van der Waals surface area contributed by atoms with E-state index in [0.29, 0.717) is 0 Å². The van der Waals surface area contributed by atoms with Crippen molar-refractivity contribution in [2.45, 2.75) is 46.0 Å². The van der Waals surface area contributed by atoms with Crippen molar-refractivity contribution in [2.75, 3.05) is 13.1 Å². The first-order valence-corrected chi connectivity index (χ1v) is 7.99. The molecule has 0 fully saturated rings. The second-order valence-corrected chi connectivity index (χ2v) is 5.57. The molecule has 114 valence electrons. The second-order valence-electron chi connectivity index (χ2n) is 5.57. The Morgan fingerprint density at radius 2 is 1.86 bits per heavy atom. The fraction of sp³-hybridized carbons (Fsp3) is 0.529. The minimum Gasteiger partial charge on any atom is -0.316 e. The van der Waals surface area contributed by atoms with E-state index in [1.807, 2.05) is 0 Å². The number of unbranched alkanes of at least 4 members (excludes halogenated alkanes) is 3. The molecule has 1 aromatic carbocycles. The third-order valence-corrected chi connectivity index (χ3v) is 3.70. The Balaban J connectivity index is 1.79. The van der Waals surface area contributed by atoms with Gasteiger partial charge in [-0.15, -0.1) is 5.10 Å². The second kappa shape index (κ2) is 8.57. The SMILES string of the molecule is CCCCCCNCCc1[nH]nnc1-c1ccc(C)cc1. The number of rotatable bonds is 9. The van der Waals surface area contributed by atoms with E-state index in [1.165, 1.54) is 31.2 Å². The zero-order valence-electron chi connectivity index (χ0n) is 13.2. The van der Waals surface area contributed by atoms with Crippen LogP contribution in [0.2, 0.25) is 0 Å². The Morgan fingerprint density at radius 1 is 1.05 bits per heavy atom. The number of aromatic amines is 1. The summed E-state index contributed by atoms with van der Waals surface area (Å²) in [6.45, 7) is 6.40. The number of nitrogens with zero attached hydrogens (tertiary/aromatic N) is 2. The Bertz CT molecular complexity index is 516. The number of hydrogen-bond donors (Lipinski definition) is 2. The molecule has 1 aromatic heterocycles. The lowest BCUT2D eigenvalue weighted by atomic mass is 10.1. The van der Waals surface area contributed by atoms with Crippen molar-refractivity contribution in [1.29, 1.82) is 0 Å². The van der Waals surface area contributed by atoms with Gasteiger partial charge in [-0.3, -0.25) is 5.10 Å². The summed E-state index contributed by atoms with van der Waals surface area (Å²) in [5.74, 6) is 0. The molecule has 0 aliphatic heterocycles. The van der Waals surface area contributed by atoms with Crippen LogP contribution in [0.1, 0.15) is 43.9 Å². The van der Waals surface area contributed by atoms with E-state index in [2.05, 4.69) is 58.8 Å². The van der Waals surface area contributed by atoms with Crippen LogP contribution in [0.25, 0.3) is 11.3 Å². The highest BCUT2D eigenvalue weighted by Gasteiger charge is 2.08. The first kappa shape index (κ1) is 15.7. The van der Waals surface area contributed by atoms with E-state index in [-0.39, 0.29) is 0 Å². The monoisotopic (exact) mass is 286 g/mol. The average Bonchev–Trinajstić information content (AvgIpc) is 2.95. The predicted octanol–water partition coefficient (Wildman–Crippen LogP) is 3.49.